The second kappa shape index (κ2) is 7.43. The van der Waals surface area contributed by atoms with Gasteiger partial charge in [0.25, 0.3) is 10.0 Å². The molecular weight excluding hydrogens is 376 g/mol. The zero-order valence-electron chi connectivity index (χ0n) is 14.4. The molecule has 2 aromatic rings. The van der Waals surface area contributed by atoms with Gasteiger partial charge >= 0.3 is 0 Å². The zero-order valence-corrected chi connectivity index (χ0v) is 15.2. The summed E-state index contributed by atoms with van der Waals surface area (Å²) < 4.78 is 54.3. The molecule has 2 aromatic carbocycles. The van der Waals surface area contributed by atoms with Crippen molar-refractivity contribution < 1.29 is 22.0 Å². The van der Waals surface area contributed by atoms with Gasteiger partial charge in [0.2, 0.25) is 5.91 Å². The Bertz CT molecular complexity index is 1020. The van der Waals surface area contributed by atoms with Crippen molar-refractivity contribution in [3.8, 4) is 0 Å². The summed E-state index contributed by atoms with van der Waals surface area (Å²) >= 11 is 0. The lowest BCUT2D eigenvalue weighted by molar-refractivity contribution is -0.116. The van der Waals surface area contributed by atoms with Gasteiger partial charge in [0, 0.05) is 24.6 Å². The molecule has 1 aliphatic rings. The van der Waals surface area contributed by atoms with E-state index in [-0.39, 0.29) is 35.2 Å². The van der Waals surface area contributed by atoms with Crippen LogP contribution in [0.3, 0.4) is 0 Å². The minimum absolute atomic E-state index is 0.0569. The fraction of sp³-hybridized carbons (Fsp3) is 0.222. The molecule has 2 N–H and O–H groups in total. The molecule has 1 heterocycles. The van der Waals surface area contributed by atoms with Crippen LogP contribution >= 0.6 is 0 Å². The summed E-state index contributed by atoms with van der Waals surface area (Å²) in [5.74, 6) is -2.42. The molecule has 0 bridgehead atoms. The number of sulfonamides is 1. The monoisotopic (exact) mass is 393 g/mol. The van der Waals surface area contributed by atoms with Crippen molar-refractivity contribution in [3.05, 3.63) is 54.1 Å². The van der Waals surface area contributed by atoms with Gasteiger partial charge in [-0.3, -0.25) is 4.79 Å². The van der Waals surface area contributed by atoms with Gasteiger partial charge in [-0.25, -0.2) is 8.78 Å². The van der Waals surface area contributed by atoms with E-state index in [0.29, 0.717) is 5.69 Å². The minimum atomic E-state index is -3.77. The van der Waals surface area contributed by atoms with Gasteiger partial charge in [-0.2, -0.15) is 8.42 Å². The topological polar surface area (TPSA) is 87.6 Å². The van der Waals surface area contributed by atoms with Crippen LogP contribution in [0.5, 0.6) is 0 Å². The minimum Gasteiger partial charge on any atom is -0.342 e. The maximum absolute atomic E-state index is 13.2. The fourth-order valence-corrected chi connectivity index (χ4v) is 3.92. The first-order chi connectivity index (χ1) is 12.7. The molecular formula is C18H17F2N3O3S. The molecule has 1 unspecified atom stereocenters. The highest BCUT2D eigenvalue weighted by molar-refractivity contribution is 7.90. The molecule has 0 saturated heterocycles. The Morgan fingerprint density at radius 1 is 1.19 bits per heavy atom. The first-order valence-corrected chi connectivity index (χ1v) is 9.63. The maximum atomic E-state index is 13.2. The molecule has 0 saturated carbocycles. The summed E-state index contributed by atoms with van der Waals surface area (Å²) in [6.07, 6.45) is 0.292. The number of nitrogens with one attached hydrogen (secondary N) is 2. The highest BCUT2D eigenvalue weighted by atomic mass is 32.2. The molecule has 0 radical (unpaired) electrons. The number of amidine groups is 1. The Morgan fingerprint density at radius 2 is 1.93 bits per heavy atom. The van der Waals surface area contributed by atoms with Crippen LogP contribution in [0.25, 0.3) is 0 Å². The predicted octanol–water partition coefficient (Wildman–Crippen LogP) is 3.53. The Hall–Kier alpha value is -2.81. The van der Waals surface area contributed by atoms with Gasteiger partial charge in [-0.15, -0.1) is 4.40 Å². The Kier molecular flexibility index (Phi) is 5.22. The molecule has 6 nitrogen and oxygen atoms in total. The Balaban J connectivity index is 1.62. The number of rotatable bonds is 5. The van der Waals surface area contributed by atoms with E-state index in [1.54, 1.807) is 25.1 Å². The number of nitrogens with zero attached hydrogens (tertiary/aromatic N) is 1. The summed E-state index contributed by atoms with van der Waals surface area (Å²) in [5, 5.41) is 5.45. The Morgan fingerprint density at radius 3 is 2.67 bits per heavy atom. The van der Waals surface area contributed by atoms with Crippen LogP contribution in [-0.2, 0) is 14.8 Å². The number of carbonyl (C=O) groups is 1. The number of hydrogen-bond donors (Lipinski definition) is 2. The number of halogens is 2. The molecule has 1 amide bonds. The molecule has 0 spiro atoms. The van der Waals surface area contributed by atoms with Gasteiger partial charge in [-0.05, 0) is 30.2 Å². The summed E-state index contributed by atoms with van der Waals surface area (Å²) in [4.78, 5) is 12.2. The van der Waals surface area contributed by atoms with Crippen molar-refractivity contribution >= 4 is 33.1 Å². The fourth-order valence-electron chi connectivity index (χ4n) is 2.76. The SMILES string of the molecule is CC(CC(=O)Nc1ccc(F)c(F)c1)CC1=NS(=O)(=O)c2ccccc2N1. The third-order valence-corrected chi connectivity index (χ3v) is 5.33. The number of amides is 1. The van der Waals surface area contributed by atoms with Crippen molar-refractivity contribution in [2.45, 2.75) is 24.7 Å². The molecule has 1 atom stereocenters. The van der Waals surface area contributed by atoms with Crippen LogP contribution in [0, 0.1) is 17.6 Å². The van der Waals surface area contributed by atoms with Crippen molar-refractivity contribution in [1.29, 1.82) is 0 Å². The number of benzene rings is 2. The van der Waals surface area contributed by atoms with Crippen molar-refractivity contribution in [2.75, 3.05) is 10.6 Å². The Labute approximate surface area is 155 Å². The standard InChI is InChI=1S/C18H17F2N3O3S/c1-11(9-18(24)21-12-6-7-13(19)14(20)10-12)8-17-22-15-4-2-3-5-16(15)27(25,26)23-17/h2-7,10-11H,8-9H2,1H3,(H,21,24)(H,22,23). The van der Waals surface area contributed by atoms with E-state index in [1.165, 1.54) is 12.1 Å². The quantitative estimate of drug-likeness (QED) is 0.814. The van der Waals surface area contributed by atoms with E-state index in [9.17, 15) is 22.0 Å². The number of fused-ring (bicyclic) bond motifs is 1. The molecule has 0 fully saturated rings. The average Bonchev–Trinajstić information content (AvgIpc) is 2.57. The van der Waals surface area contributed by atoms with Crippen molar-refractivity contribution in [3.63, 3.8) is 0 Å². The summed E-state index contributed by atoms with van der Waals surface area (Å²) in [6, 6.07) is 9.52. The van der Waals surface area contributed by atoms with Crippen LogP contribution in [0.4, 0.5) is 20.2 Å². The van der Waals surface area contributed by atoms with Crippen LogP contribution in [0.1, 0.15) is 19.8 Å². The lowest BCUT2D eigenvalue weighted by Gasteiger charge is -2.20. The van der Waals surface area contributed by atoms with E-state index in [4.69, 9.17) is 0 Å². The van der Waals surface area contributed by atoms with E-state index in [1.807, 2.05) is 0 Å². The molecule has 142 valence electrons. The van der Waals surface area contributed by atoms with Gasteiger partial charge in [0.1, 0.15) is 10.7 Å². The zero-order chi connectivity index (χ0) is 19.6. The van der Waals surface area contributed by atoms with Crippen LogP contribution in [0.15, 0.2) is 51.8 Å². The highest BCUT2D eigenvalue weighted by Gasteiger charge is 2.25. The van der Waals surface area contributed by atoms with Gasteiger partial charge in [0.05, 0.1) is 5.69 Å². The molecule has 0 aliphatic carbocycles. The van der Waals surface area contributed by atoms with Crippen LogP contribution in [0.2, 0.25) is 0 Å². The van der Waals surface area contributed by atoms with E-state index >= 15 is 0 Å². The molecule has 27 heavy (non-hydrogen) atoms. The number of para-hydroxylation sites is 1. The number of carbonyl (C=O) groups excluding carboxylic acids is 1. The summed E-state index contributed by atoms with van der Waals surface area (Å²) in [6.45, 7) is 1.77. The normalized spacial score (nSPS) is 15.9. The van der Waals surface area contributed by atoms with E-state index < -0.39 is 27.6 Å². The van der Waals surface area contributed by atoms with E-state index in [0.717, 1.165) is 12.1 Å². The maximum Gasteiger partial charge on any atom is 0.286 e. The summed E-state index contributed by atoms with van der Waals surface area (Å²) in [5.41, 5.74) is 0.594. The van der Waals surface area contributed by atoms with Crippen molar-refractivity contribution in [2.24, 2.45) is 10.3 Å². The second-order valence-corrected chi connectivity index (χ2v) is 7.90. The first-order valence-electron chi connectivity index (χ1n) is 8.19. The second-order valence-electron chi connectivity index (χ2n) is 6.32. The molecule has 1 aliphatic heterocycles. The highest BCUT2D eigenvalue weighted by Crippen LogP contribution is 2.28. The molecule has 0 aromatic heterocycles. The van der Waals surface area contributed by atoms with Crippen LogP contribution < -0.4 is 10.6 Å². The number of hydrogen-bond acceptors (Lipinski definition) is 4. The van der Waals surface area contributed by atoms with Gasteiger partial charge < -0.3 is 10.6 Å². The van der Waals surface area contributed by atoms with E-state index in [2.05, 4.69) is 15.0 Å². The third kappa shape index (κ3) is 4.48. The average molecular weight is 393 g/mol. The predicted molar refractivity (Wildman–Crippen MR) is 98.1 cm³/mol. The third-order valence-electron chi connectivity index (χ3n) is 3.95. The lowest BCUT2D eigenvalue weighted by atomic mass is 10.0. The van der Waals surface area contributed by atoms with Crippen molar-refractivity contribution in [1.82, 2.24) is 0 Å². The van der Waals surface area contributed by atoms with Gasteiger partial charge in [0.15, 0.2) is 11.6 Å². The first kappa shape index (κ1) is 19.0. The van der Waals surface area contributed by atoms with Gasteiger partial charge in [-0.1, -0.05) is 19.1 Å². The van der Waals surface area contributed by atoms with Crippen LogP contribution in [-0.4, -0.2) is 20.2 Å². The lowest BCUT2D eigenvalue weighted by Crippen LogP contribution is -2.25. The molecule has 3 rings (SSSR count). The largest absolute Gasteiger partial charge is 0.342 e. The smallest absolute Gasteiger partial charge is 0.286 e. The summed E-state index contributed by atoms with van der Waals surface area (Å²) in [7, 11) is -3.77. The number of anilines is 2. The molecule has 9 heteroatoms.